The number of fused-ring (bicyclic) bond motifs is 2. The average Bonchev–Trinajstić information content (AvgIpc) is 2.62. The zero-order valence-corrected chi connectivity index (χ0v) is 7.44. The highest BCUT2D eigenvalue weighted by Gasteiger charge is 2.38. The van der Waals surface area contributed by atoms with Crippen molar-refractivity contribution in [2.75, 3.05) is 0 Å². The topological polar surface area (TPSA) is 57.5 Å². The van der Waals surface area contributed by atoms with Gasteiger partial charge in [-0.3, -0.25) is 0 Å². The Morgan fingerprint density at radius 3 is 2.38 bits per heavy atom. The zero-order valence-electron chi connectivity index (χ0n) is 7.44. The molecule has 2 aliphatic carbocycles. The van der Waals surface area contributed by atoms with E-state index in [1.165, 1.54) is 6.42 Å². The third-order valence-electron chi connectivity index (χ3n) is 2.42. The van der Waals surface area contributed by atoms with Crippen LogP contribution in [-0.4, -0.2) is 21.8 Å². The molecule has 0 radical (unpaired) electrons. The quantitative estimate of drug-likeness (QED) is 0.475. The molecule has 2 aliphatic rings. The summed E-state index contributed by atoms with van der Waals surface area (Å²) in [6.45, 7) is 2.96. The predicted molar refractivity (Wildman–Crippen MR) is 49.3 cm³/mol. The van der Waals surface area contributed by atoms with Crippen molar-refractivity contribution >= 4 is 5.97 Å². The van der Waals surface area contributed by atoms with Crippen LogP contribution in [0.1, 0.15) is 19.3 Å². The van der Waals surface area contributed by atoms with Crippen molar-refractivity contribution in [1.29, 1.82) is 0 Å². The maximum absolute atomic E-state index is 9.45. The highest BCUT2D eigenvalue weighted by molar-refractivity contribution is 5.78. The smallest absolute Gasteiger partial charge is 0.327 e. The first-order chi connectivity index (χ1) is 6.06. The van der Waals surface area contributed by atoms with E-state index in [9.17, 15) is 9.90 Å². The van der Waals surface area contributed by atoms with E-state index in [-0.39, 0.29) is 5.60 Å². The summed E-state index contributed by atoms with van der Waals surface area (Å²) in [7, 11) is 0. The van der Waals surface area contributed by atoms with Gasteiger partial charge in [-0.1, -0.05) is 18.7 Å². The summed E-state index contributed by atoms with van der Waals surface area (Å²) >= 11 is 0. The Kier molecular flexibility index (Phi) is 2.88. The first-order valence-corrected chi connectivity index (χ1v) is 4.33. The summed E-state index contributed by atoms with van der Waals surface area (Å²) in [5.41, 5.74) is -0.370. The van der Waals surface area contributed by atoms with Gasteiger partial charge in [0.2, 0.25) is 0 Å². The molecule has 0 heterocycles. The van der Waals surface area contributed by atoms with E-state index < -0.39 is 5.97 Å². The molecule has 1 fully saturated rings. The second kappa shape index (κ2) is 3.75. The normalized spacial score (nSPS) is 33.8. The van der Waals surface area contributed by atoms with Crippen LogP contribution in [0, 0.1) is 5.92 Å². The number of rotatable bonds is 1. The second-order valence-corrected chi connectivity index (χ2v) is 3.51. The summed E-state index contributed by atoms with van der Waals surface area (Å²) in [6.07, 6.45) is 8.12. The Morgan fingerprint density at radius 1 is 1.69 bits per heavy atom. The number of carboxylic acid groups (broad SMARTS) is 1. The Hall–Kier alpha value is -1.09. The van der Waals surface area contributed by atoms with Crippen LogP contribution in [-0.2, 0) is 4.79 Å². The number of hydrogen-bond donors (Lipinski definition) is 2. The van der Waals surface area contributed by atoms with E-state index in [0.717, 1.165) is 18.9 Å². The minimum absolute atomic E-state index is 0.370. The maximum atomic E-state index is 9.45. The molecule has 0 spiro atoms. The molecule has 1 saturated carbocycles. The lowest BCUT2D eigenvalue weighted by Crippen LogP contribution is -2.17. The molecule has 0 amide bonds. The highest BCUT2D eigenvalue weighted by Crippen LogP contribution is 2.41. The minimum atomic E-state index is -0.981. The summed E-state index contributed by atoms with van der Waals surface area (Å²) in [4.78, 5) is 9.25. The Morgan fingerprint density at radius 2 is 2.31 bits per heavy atom. The van der Waals surface area contributed by atoms with Gasteiger partial charge in [0.15, 0.2) is 0 Å². The molecule has 0 saturated heterocycles. The number of aliphatic hydroxyl groups is 1. The van der Waals surface area contributed by atoms with E-state index >= 15 is 0 Å². The molecule has 2 N–H and O–H groups in total. The number of aliphatic carboxylic acids is 1. The van der Waals surface area contributed by atoms with Crippen LogP contribution in [0.5, 0.6) is 0 Å². The van der Waals surface area contributed by atoms with Crippen molar-refractivity contribution in [3.63, 3.8) is 0 Å². The molecular weight excluding hydrogens is 168 g/mol. The lowest BCUT2D eigenvalue weighted by molar-refractivity contribution is -0.131. The van der Waals surface area contributed by atoms with Crippen LogP contribution in [0.4, 0.5) is 0 Å². The third-order valence-corrected chi connectivity index (χ3v) is 2.42. The molecule has 2 unspecified atom stereocenters. The van der Waals surface area contributed by atoms with Crippen LogP contribution in [0.2, 0.25) is 0 Å². The van der Waals surface area contributed by atoms with Gasteiger partial charge in [-0.25, -0.2) is 4.79 Å². The average molecular weight is 182 g/mol. The second-order valence-electron chi connectivity index (χ2n) is 3.51. The predicted octanol–water partition coefficient (Wildman–Crippen LogP) is 1.34. The number of carbonyl (C=O) groups is 1. The van der Waals surface area contributed by atoms with E-state index in [0.29, 0.717) is 5.92 Å². The first-order valence-electron chi connectivity index (χ1n) is 4.33. The molecule has 0 aliphatic heterocycles. The highest BCUT2D eigenvalue weighted by atomic mass is 16.4. The van der Waals surface area contributed by atoms with Gasteiger partial charge in [-0.15, -0.1) is 0 Å². The molecule has 72 valence electrons. The van der Waals surface area contributed by atoms with Crippen LogP contribution in [0.25, 0.3) is 0 Å². The monoisotopic (exact) mass is 182 g/mol. The number of carboxylic acids is 1. The molecule has 2 atom stereocenters. The molecule has 0 aromatic rings. The van der Waals surface area contributed by atoms with Crippen molar-refractivity contribution in [3.05, 3.63) is 24.8 Å². The van der Waals surface area contributed by atoms with Crippen LogP contribution < -0.4 is 0 Å². The molecule has 3 nitrogen and oxygen atoms in total. The molecule has 0 aromatic heterocycles. The molecular formula is C10H14O3. The molecule has 3 heteroatoms. The van der Waals surface area contributed by atoms with Crippen LogP contribution in [0.15, 0.2) is 24.8 Å². The number of allylic oxidation sites excluding steroid dienone is 1. The maximum Gasteiger partial charge on any atom is 0.327 e. The van der Waals surface area contributed by atoms with Crippen LogP contribution in [0.3, 0.4) is 0 Å². The number of hydrogen-bond acceptors (Lipinski definition) is 2. The minimum Gasteiger partial charge on any atom is -0.478 e. The lowest BCUT2D eigenvalue weighted by Gasteiger charge is -2.13. The van der Waals surface area contributed by atoms with Crippen molar-refractivity contribution < 1.29 is 15.0 Å². The van der Waals surface area contributed by atoms with Gasteiger partial charge < -0.3 is 10.2 Å². The van der Waals surface area contributed by atoms with E-state index in [2.05, 4.69) is 12.7 Å². The van der Waals surface area contributed by atoms with Gasteiger partial charge in [-0.05, 0) is 25.2 Å². The van der Waals surface area contributed by atoms with Gasteiger partial charge in [0.1, 0.15) is 0 Å². The summed E-state index contributed by atoms with van der Waals surface area (Å²) in [6, 6.07) is 0. The van der Waals surface area contributed by atoms with Gasteiger partial charge in [0, 0.05) is 6.08 Å². The van der Waals surface area contributed by atoms with E-state index in [1.807, 2.05) is 6.08 Å². The van der Waals surface area contributed by atoms with Crippen molar-refractivity contribution in [3.8, 4) is 0 Å². The van der Waals surface area contributed by atoms with Gasteiger partial charge in [0.05, 0.1) is 5.60 Å². The molecule has 13 heavy (non-hydrogen) atoms. The SMILES string of the molecule is C=CC(=O)O.OC12C=CC(CC1)C2. The molecule has 2 bridgehead atoms. The summed E-state index contributed by atoms with van der Waals surface area (Å²) in [5, 5.41) is 17.1. The van der Waals surface area contributed by atoms with Crippen molar-refractivity contribution in [2.24, 2.45) is 5.92 Å². The van der Waals surface area contributed by atoms with Gasteiger partial charge in [0.25, 0.3) is 0 Å². The Balaban J connectivity index is 0.000000149. The Bertz CT molecular complexity index is 245. The fraction of sp³-hybridized carbons (Fsp3) is 0.500. The zero-order chi connectivity index (χ0) is 9.90. The van der Waals surface area contributed by atoms with Crippen LogP contribution >= 0.6 is 0 Å². The van der Waals surface area contributed by atoms with Crippen molar-refractivity contribution in [1.82, 2.24) is 0 Å². The van der Waals surface area contributed by atoms with E-state index in [4.69, 9.17) is 5.11 Å². The van der Waals surface area contributed by atoms with E-state index in [1.54, 1.807) is 0 Å². The van der Waals surface area contributed by atoms with Gasteiger partial charge in [-0.2, -0.15) is 0 Å². The lowest BCUT2D eigenvalue weighted by atomic mass is 10.0. The summed E-state index contributed by atoms with van der Waals surface area (Å²) < 4.78 is 0. The van der Waals surface area contributed by atoms with Gasteiger partial charge >= 0.3 is 5.97 Å². The third kappa shape index (κ3) is 2.70. The largest absolute Gasteiger partial charge is 0.478 e. The standard InChI is InChI=1S/C7H10O.C3H4O2/c8-7-3-1-6(5-7)2-4-7;1-2-3(4)5/h1,3,6,8H,2,4-5H2;2H,1H2,(H,4,5). The first kappa shape index (κ1) is 9.99. The molecule has 2 rings (SSSR count). The fourth-order valence-electron chi connectivity index (χ4n) is 1.72. The Labute approximate surface area is 77.4 Å². The van der Waals surface area contributed by atoms with Crippen molar-refractivity contribution in [2.45, 2.75) is 24.9 Å². The summed E-state index contributed by atoms with van der Waals surface area (Å²) in [5.74, 6) is -0.273. The fourth-order valence-corrected chi connectivity index (χ4v) is 1.72. The molecule has 0 aromatic carbocycles.